The largest absolute Gasteiger partial charge is 0.353 e. The summed E-state index contributed by atoms with van der Waals surface area (Å²) >= 11 is 6.22. The van der Waals surface area contributed by atoms with E-state index in [-0.39, 0.29) is 5.43 Å². The van der Waals surface area contributed by atoms with E-state index in [1.165, 1.54) is 0 Å². The highest BCUT2D eigenvalue weighted by atomic mass is 35.5. The Kier molecular flexibility index (Phi) is 2.88. The second-order valence-electron chi connectivity index (χ2n) is 4.58. The number of aromatic nitrogens is 1. The fourth-order valence-electron chi connectivity index (χ4n) is 2.22. The van der Waals surface area contributed by atoms with E-state index in [9.17, 15) is 4.79 Å². The molecule has 1 heterocycles. The van der Waals surface area contributed by atoms with Crippen LogP contribution in [0.3, 0.4) is 0 Å². The molecule has 0 unspecified atom stereocenters. The van der Waals surface area contributed by atoms with E-state index < -0.39 is 0 Å². The van der Waals surface area contributed by atoms with Gasteiger partial charge in [0.05, 0.1) is 10.5 Å². The molecule has 2 aromatic carbocycles. The molecule has 1 aromatic heterocycles. The van der Waals surface area contributed by atoms with Crippen LogP contribution in [-0.2, 0) is 0 Å². The number of aromatic amines is 1. The fraction of sp³-hybridized carbons (Fsp3) is 0.0625. The van der Waals surface area contributed by atoms with Crippen LogP contribution in [0, 0.1) is 6.92 Å². The number of hydrogen-bond donors (Lipinski definition) is 1. The molecular formula is C16H12ClNO. The minimum absolute atomic E-state index is 0.0156. The first-order chi connectivity index (χ1) is 9.15. The summed E-state index contributed by atoms with van der Waals surface area (Å²) in [6, 6.07) is 15.1. The van der Waals surface area contributed by atoms with Crippen molar-refractivity contribution < 1.29 is 0 Å². The Hall–Kier alpha value is -2.06. The van der Waals surface area contributed by atoms with Crippen molar-refractivity contribution in [3.63, 3.8) is 0 Å². The molecule has 19 heavy (non-hydrogen) atoms. The molecule has 0 atom stereocenters. The summed E-state index contributed by atoms with van der Waals surface area (Å²) in [6.45, 7) is 1.93. The maximum Gasteiger partial charge on any atom is 0.190 e. The van der Waals surface area contributed by atoms with Gasteiger partial charge < -0.3 is 4.98 Å². The molecule has 94 valence electrons. The van der Waals surface area contributed by atoms with Crippen LogP contribution in [0.15, 0.2) is 53.3 Å². The smallest absolute Gasteiger partial charge is 0.190 e. The molecule has 0 amide bonds. The number of fused-ring (bicyclic) bond motifs is 1. The summed E-state index contributed by atoms with van der Waals surface area (Å²) in [5, 5.41) is 1.20. The summed E-state index contributed by atoms with van der Waals surface area (Å²) in [5.74, 6) is 0. The van der Waals surface area contributed by atoms with Gasteiger partial charge in [-0.15, -0.1) is 0 Å². The van der Waals surface area contributed by atoms with Gasteiger partial charge in [-0.2, -0.15) is 0 Å². The van der Waals surface area contributed by atoms with Crippen molar-refractivity contribution in [1.29, 1.82) is 0 Å². The van der Waals surface area contributed by atoms with Crippen LogP contribution in [0.5, 0.6) is 0 Å². The summed E-state index contributed by atoms with van der Waals surface area (Å²) < 4.78 is 0. The SMILES string of the molecule is Cc1cc(Cl)c2[nH]c(-c3ccccc3)cc(=O)c2c1. The molecule has 0 aliphatic carbocycles. The van der Waals surface area contributed by atoms with Crippen molar-refractivity contribution in [3.05, 3.63) is 69.3 Å². The molecule has 3 heteroatoms. The average Bonchev–Trinajstić information content (AvgIpc) is 2.41. The summed E-state index contributed by atoms with van der Waals surface area (Å²) in [6.07, 6.45) is 0. The molecule has 0 saturated heterocycles. The molecule has 3 aromatic rings. The Morgan fingerprint density at radius 3 is 2.53 bits per heavy atom. The predicted molar refractivity (Wildman–Crippen MR) is 79.8 cm³/mol. The highest BCUT2D eigenvalue weighted by Crippen LogP contribution is 2.24. The van der Waals surface area contributed by atoms with Gasteiger partial charge in [0, 0.05) is 17.1 Å². The quantitative estimate of drug-likeness (QED) is 0.707. The summed E-state index contributed by atoms with van der Waals surface area (Å²) in [4.78, 5) is 15.4. The topological polar surface area (TPSA) is 32.9 Å². The van der Waals surface area contributed by atoms with Gasteiger partial charge >= 0.3 is 0 Å². The minimum Gasteiger partial charge on any atom is -0.353 e. The van der Waals surface area contributed by atoms with Gasteiger partial charge in [-0.1, -0.05) is 41.9 Å². The summed E-state index contributed by atoms with van der Waals surface area (Å²) in [7, 11) is 0. The van der Waals surface area contributed by atoms with Crippen molar-refractivity contribution >= 4 is 22.5 Å². The van der Waals surface area contributed by atoms with Crippen LogP contribution in [0.4, 0.5) is 0 Å². The van der Waals surface area contributed by atoms with E-state index in [2.05, 4.69) is 4.98 Å². The Morgan fingerprint density at radius 1 is 1.05 bits per heavy atom. The molecular weight excluding hydrogens is 258 g/mol. The predicted octanol–water partition coefficient (Wildman–Crippen LogP) is 4.16. The standard InChI is InChI=1S/C16H12ClNO/c1-10-7-12-15(19)9-14(11-5-3-2-4-6-11)18-16(12)13(17)8-10/h2-9H,1H3,(H,18,19). The second-order valence-corrected chi connectivity index (χ2v) is 4.99. The van der Waals surface area contributed by atoms with E-state index in [4.69, 9.17) is 11.6 Å². The molecule has 2 nitrogen and oxygen atoms in total. The van der Waals surface area contributed by atoms with Crippen molar-refractivity contribution in [2.45, 2.75) is 6.92 Å². The normalized spacial score (nSPS) is 10.8. The van der Waals surface area contributed by atoms with Crippen molar-refractivity contribution in [1.82, 2.24) is 4.98 Å². The number of nitrogens with one attached hydrogen (secondary N) is 1. The number of benzene rings is 2. The molecule has 0 fully saturated rings. The lowest BCUT2D eigenvalue weighted by molar-refractivity contribution is 1.37. The molecule has 0 aliphatic rings. The second kappa shape index (κ2) is 4.56. The third kappa shape index (κ3) is 2.15. The van der Waals surface area contributed by atoms with Crippen LogP contribution in [-0.4, -0.2) is 4.98 Å². The van der Waals surface area contributed by atoms with Crippen LogP contribution < -0.4 is 5.43 Å². The van der Waals surface area contributed by atoms with Crippen molar-refractivity contribution in [2.75, 3.05) is 0 Å². The van der Waals surface area contributed by atoms with Crippen LogP contribution in [0.2, 0.25) is 5.02 Å². The van der Waals surface area contributed by atoms with E-state index >= 15 is 0 Å². The van der Waals surface area contributed by atoms with Crippen LogP contribution in [0.25, 0.3) is 22.2 Å². The number of pyridine rings is 1. The first-order valence-electron chi connectivity index (χ1n) is 6.04. The molecule has 0 spiro atoms. The Labute approximate surface area is 115 Å². The maximum atomic E-state index is 12.2. The minimum atomic E-state index is -0.0156. The van der Waals surface area contributed by atoms with Gasteiger partial charge in [0.15, 0.2) is 5.43 Å². The van der Waals surface area contributed by atoms with Crippen LogP contribution in [0.1, 0.15) is 5.56 Å². The highest BCUT2D eigenvalue weighted by Gasteiger charge is 2.07. The average molecular weight is 270 g/mol. The van der Waals surface area contributed by atoms with E-state index in [1.807, 2.05) is 49.4 Å². The molecule has 0 saturated carbocycles. The van der Waals surface area contributed by atoms with Gasteiger partial charge in [-0.05, 0) is 30.2 Å². The zero-order valence-electron chi connectivity index (χ0n) is 10.4. The maximum absolute atomic E-state index is 12.2. The lowest BCUT2D eigenvalue weighted by atomic mass is 10.1. The first-order valence-corrected chi connectivity index (χ1v) is 6.41. The number of aryl methyl sites for hydroxylation is 1. The number of halogens is 1. The van der Waals surface area contributed by atoms with Crippen molar-refractivity contribution in [3.8, 4) is 11.3 Å². The number of hydrogen-bond acceptors (Lipinski definition) is 1. The molecule has 3 rings (SSSR count). The number of rotatable bonds is 1. The molecule has 0 aliphatic heterocycles. The van der Waals surface area contributed by atoms with E-state index in [0.717, 1.165) is 16.8 Å². The monoisotopic (exact) mass is 269 g/mol. The Balaban J connectivity index is 2.34. The van der Waals surface area contributed by atoms with Crippen molar-refractivity contribution in [2.24, 2.45) is 0 Å². The molecule has 0 radical (unpaired) electrons. The van der Waals surface area contributed by atoms with Gasteiger partial charge in [0.1, 0.15) is 0 Å². The third-order valence-electron chi connectivity index (χ3n) is 3.12. The lowest BCUT2D eigenvalue weighted by Crippen LogP contribution is -2.03. The molecule has 0 bridgehead atoms. The van der Waals surface area contributed by atoms with Gasteiger partial charge in [-0.25, -0.2) is 0 Å². The van der Waals surface area contributed by atoms with Gasteiger partial charge in [-0.3, -0.25) is 4.79 Å². The van der Waals surface area contributed by atoms with Gasteiger partial charge in [0.2, 0.25) is 0 Å². The molecule has 1 N–H and O–H groups in total. The zero-order chi connectivity index (χ0) is 13.4. The zero-order valence-corrected chi connectivity index (χ0v) is 11.2. The lowest BCUT2D eigenvalue weighted by Gasteiger charge is -2.07. The highest BCUT2D eigenvalue weighted by molar-refractivity contribution is 6.35. The number of H-pyrrole nitrogens is 1. The van der Waals surface area contributed by atoms with Gasteiger partial charge in [0.25, 0.3) is 0 Å². The Morgan fingerprint density at radius 2 is 1.79 bits per heavy atom. The Bertz CT molecular complexity index is 806. The van der Waals surface area contributed by atoms with E-state index in [1.54, 1.807) is 6.07 Å². The van der Waals surface area contributed by atoms with Crippen LogP contribution >= 0.6 is 11.6 Å². The van der Waals surface area contributed by atoms with E-state index in [0.29, 0.717) is 15.9 Å². The first kappa shape index (κ1) is 12.0. The third-order valence-corrected chi connectivity index (χ3v) is 3.42. The fourth-order valence-corrected chi connectivity index (χ4v) is 2.54. The summed E-state index contributed by atoms with van der Waals surface area (Å²) in [5.41, 5.74) is 3.41.